The van der Waals surface area contributed by atoms with E-state index in [1.807, 2.05) is 0 Å². The van der Waals surface area contributed by atoms with Gasteiger partial charge in [-0.15, -0.1) is 0 Å². The van der Waals surface area contributed by atoms with Gasteiger partial charge >= 0.3 is 0 Å². The predicted molar refractivity (Wildman–Crippen MR) is 54.6 cm³/mol. The van der Waals surface area contributed by atoms with Crippen LogP contribution < -0.4 is 5.73 Å². The molecular formula is C10H20N2O2. The average molecular weight is 200 g/mol. The van der Waals surface area contributed by atoms with Crippen molar-refractivity contribution in [3.05, 3.63) is 0 Å². The largest absolute Gasteiger partial charge is 0.390 e. The third kappa shape index (κ3) is 2.69. The maximum absolute atomic E-state index is 11.5. The van der Waals surface area contributed by atoms with E-state index in [2.05, 4.69) is 13.8 Å². The number of nitrogens with two attached hydrogens (primary N) is 1. The number of likely N-dealkylation sites (tertiary alicyclic amines) is 1. The highest BCUT2D eigenvalue weighted by Gasteiger charge is 2.31. The first-order valence-electron chi connectivity index (χ1n) is 5.20. The fraction of sp³-hybridized carbons (Fsp3) is 0.900. The Bertz CT molecular complexity index is 206. The van der Waals surface area contributed by atoms with Crippen molar-refractivity contribution < 1.29 is 9.90 Å². The van der Waals surface area contributed by atoms with E-state index in [-0.39, 0.29) is 12.5 Å². The third-order valence-corrected chi connectivity index (χ3v) is 2.89. The van der Waals surface area contributed by atoms with Crippen LogP contribution in [0.4, 0.5) is 0 Å². The number of hydrogen-bond donors (Lipinski definition) is 2. The van der Waals surface area contributed by atoms with Crippen LogP contribution in [0.3, 0.4) is 0 Å². The van der Waals surface area contributed by atoms with Crippen molar-refractivity contribution in [2.75, 3.05) is 19.6 Å². The van der Waals surface area contributed by atoms with Crippen molar-refractivity contribution >= 4 is 5.91 Å². The lowest BCUT2D eigenvalue weighted by Crippen LogP contribution is -2.37. The van der Waals surface area contributed by atoms with E-state index in [0.29, 0.717) is 24.8 Å². The maximum atomic E-state index is 11.5. The van der Waals surface area contributed by atoms with Crippen LogP contribution in [0.5, 0.6) is 0 Å². The minimum atomic E-state index is -0.579. The summed E-state index contributed by atoms with van der Waals surface area (Å²) in [5, 5.41) is 9.34. The molecule has 0 aromatic carbocycles. The minimum absolute atomic E-state index is 0.149. The molecule has 0 radical (unpaired) electrons. The number of carbonyl (C=O) groups excluding carboxylic acids is 1. The number of carbonyl (C=O) groups is 1. The van der Waals surface area contributed by atoms with E-state index in [1.165, 1.54) is 0 Å². The monoisotopic (exact) mass is 200 g/mol. The molecule has 14 heavy (non-hydrogen) atoms. The topological polar surface area (TPSA) is 66.6 Å². The van der Waals surface area contributed by atoms with E-state index in [0.717, 1.165) is 6.54 Å². The van der Waals surface area contributed by atoms with Gasteiger partial charge in [0.1, 0.15) is 0 Å². The molecule has 1 saturated heterocycles. The summed E-state index contributed by atoms with van der Waals surface area (Å²) in [6.07, 6.45) is 0.0412. The predicted octanol–water partition coefficient (Wildman–Crippen LogP) is -0.189. The van der Waals surface area contributed by atoms with Crippen molar-refractivity contribution in [1.29, 1.82) is 0 Å². The maximum Gasteiger partial charge on any atom is 0.223 e. The van der Waals surface area contributed by atoms with Gasteiger partial charge in [0.25, 0.3) is 0 Å². The summed E-state index contributed by atoms with van der Waals surface area (Å²) in [5.41, 5.74) is 5.30. The molecule has 1 amide bonds. The molecule has 1 aliphatic rings. The molecule has 1 heterocycles. The van der Waals surface area contributed by atoms with Gasteiger partial charge in [0.2, 0.25) is 5.91 Å². The molecular weight excluding hydrogens is 180 g/mol. The quantitative estimate of drug-likeness (QED) is 0.661. The molecule has 0 aromatic heterocycles. The van der Waals surface area contributed by atoms with Gasteiger partial charge in [0, 0.05) is 26.1 Å². The van der Waals surface area contributed by atoms with Crippen LogP contribution >= 0.6 is 0 Å². The Morgan fingerprint density at radius 3 is 2.71 bits per heavy atom. The molecule has 4 nitrogen and oxygen atoms in total. The first kappa shape index (κ1) is 11.5. The summed E-state index contributed by atoms with van der Waals surface area (Å²) in [7, 11) is 0. The molecule has 0 aromatic rings. The molecule has 0 aliphatic carbocycles. The zero-order valence-electron chi connectivity index (χ0n) is 8.94. The van der Waals surface area contributed by atoms with Gasteiger partial charge in [-0.1, -0.05) is 13.8 Å². The molecule has 1 aliphatic heterocycles. The van der Waals surface area contributed by atoms with Gasteiger partial charge in [0.05, 0.1) is 6.10 Å². The van der Waals surface area contributed by atoms with Crippen molar-refractivity contribution in [2.24, 2.45) is 17.6 Å². The number of amides is 1. The van der Waals surface area contributed by atoms with E-state index in [9.17, 15) is 9.90 Å². The second-order valence-corrected chi connectivity index (χ2v) is 4.40. The third-order valence-electron chi connectivity index (χ3n) is 2.89. The minimum Gasteiger partial charge on any atom is -0.390 e. The average Bonchev–Trinajstić information content (AvgIpc) is 2.48. The van der Waals surface area contributed by atoms with Crippen LogP contribution in [-0.2, 0) is 4.79 Å². The van der Waals surface area contributed by atoms with E-state index in [4.69, 9.17) is 5.73 Å². The Hall–Kier alpha value is -0.610. The molecule has 0 saturated carbocycles. The van der Waals surface area contributed by atoms with E-state index < -0.39 is 6.10 Å². The fourth-order valence-corrected chi connectivity index (χ4v) is 1.75. The number of rotatable bonds is 4. The first-order chi connectivity index (χ1) is 6.54. The molecule has 4 heteroatoms. The zero-order valence-corrected chi connectivity index (χ0v) is 8.94. The summed E-state index contributed by atoms with van der Waals surface area (Å²) < 4.78 is 0. The van der Waals surface area contributed by atoms with Gasteiger partial charge in [-0.05, 0) is 11.8 Å². The van der Waals surface area contributed by atoms with Gasteiger partial charge in [-0.2, -0.15) is 0 Å². The Kier molecular flexibility index (Phi) is 3.89. The normalized spacial score (nSPS) is 24.8. The fourth-order valence-electron chi connectivity index (χ4n) is 1.75. The highest BCUT2D eigenvalue weighted by molar-refractivity contribution is 5.78. The molecule has 1 rings (SSSR count). The number of hydrogen-bond acceptors (Lipinski definition) is 3. The van der Waals surface area contributed by atoms with Crippen LogP contribution in [0.25, 0.3) is 0 Å². The number of nitrogens with zero attached hydrogens (tertiary/aromatic N) is 1. The number of β-amino-alcohol motifs (C(OH)–C–C–N with tert-alkyl or cyclic N) is 1. The summed E-state index contributed by atoms with van der Waals surface area (Å²) in [4.78, 5) is 13.2. The Labute approximate surface area is 85.1 Å². The first-order valence-corrected chi connectivity index (χ1v) is 5.20. The lowest BCUT2D eigenvalue weighted by molar-refractivity contribution is -0.128. The van der Waals surface area contributed by atoms with E-state index in [1.54, 1.807) is 4.90 Å². The molecule has 2 atom stereocenters. The van der Waals surface area contributed by atoms with Gasteiger partial charge in [-0.3, -0.25) is 4.79 Å². The van der Waals surface area contributed by atoms with Crippen molar-refractivity contribution in [1.82, 2.24) is 4.90 Å². The molecule has 82 valence electrons. The van der Waals surface area contributed by atoms with Crippen molar-refractivity contribution in [3.8, 4) is 0 Å². The molecule has 2 unspecified atom stereocenters. The summed E-state index contributed by atoms with van der Waals surface area (Å²) in [5.74, 6) is 1.11. The number of aliphatic hydroxyl groups is 1. The molecule has 1 fully saturated rings. The van der Waals surface area contributed by atoms with Crippen LogP contribution in [0.1, 0.15) is 20.3 Å². The van der Waals surface area contributed by atoms with Crippen LogP contribution in [-0.4, -0.2) is 41.7 Å². The van der Waals surface area contributed by atoms with Gasteiger partial charge in [-0.25, -0.2) is 0 Å². The molecule has 0 spiro atoms. The highest BCUT2D eigenvalue weighted by Crippen LogP contribution is 2.24. The molecule has 3 N–H and O–H groups in total. The summed E-state index contributed by atoms with van der Waals surface area (Å²) in [6, 6.07) is 0. The number of aliphatic hydroxyl groups excluding tert-OH is 1. The van der Waals surface area contributed by atoms with Gasteiger partial charge < -0.3 is 15.7 Å². The lowest BCUT2D eigenvalue weighted by atomic mass is 9.95. The Balaban J connectivity index is 2.44. The standard InChI is InChI=1S/C10H20N2O2/c1-7(2)8-3-10(14)12(5-8)6-9(13)4-11/h7-9,13H,3-6,11H2,1-2H3. The molecule has 0 bridgehead atoms. The van der Waals surface area contributed by atoms with Crippen LogP contribution in [0.15, 0.2) is 0 Å². The van der Waals surface area contributed by atoms with Crippen LogP contribution in [0, 0.1) is 11.8 Å². The smallest absolute Gasteiger partial charge is 0.223 e. The summed E-state index contributed by atoms with van der Waals surface area (Å²) in [6.45, 7) is 5.63. The van der Waals surface area contributed by atoms with Crippen molar-refractivity contribution in [3.63, 3.8) is 0 Å². The lowest BCUT2D eigenvalue weighted by Gasteiger charge is -2.20. The Morgan fingerprint density at radius 1 is 1.64 bits per heavy atom. The summed E-state index contributed by atoms with van der Waals surface area (Å²) >= 11 is 0. The second-order valence-electron chi connectivity index (χ2n) is 4.40. The Morgan fingerprint density at radius 2 is 2.29 bits per heavy atom. The highest BCUT2D eigenvalue weighted by atomic mass is 16.3. The second kappa shape index (κ2) is 4.75. The zero-order chi connectivity index (χ0) is 10.7. The van der Waals surface area contributed by atoms with E-state index >= 15 is 0 Å². The van der Waals surface area contributed by atoms with Crippen LogP contribution in [0.2, 0.25) is 0 Å². The SMILES string of the molecule is CC(C)C1CC(=O)N(CC(O)CN)C1. The van der Waals surface area contributed by atoms with Crippen molar-refractivity contribution in [2.45, 2.75) is 26.4 Å². The van der Waals surface area contributed by atoms with Gasteiger partial charge in [0.15, 0.2) is 0 Å².